The van der Waals surface area contributed by atoms with Crippen molar-refractivity contribution in [3.63, 3.8) is 0 Å². The van der Waals surface area contributed by atoms with Crippen molar-refractivity contribution in [3.8, 4) is 5.69 Å². The number of thioether (sulfide) groups is 1. The van der Waals surface area contributed by atoms with Gasteiger partial charge in [-0.05, 0) is 25.3 Å². The standard InChI is InChI=1S/C12H13N3OS2.CH4O4S/c1-7-3-5-8(6-4-7)15-10(13)9(11(14)16)18-12(15)17-2;1-5-6(2,3)4/h3-6H,1-2H3,(H3-,13,14,16);1H3,(H,2,3,4). The number of nitrogens with two attached hydrogens (primary N) is 2. The molecule has 0 aliphatic rings. The van der Waals surface area contributed by atoms with Gasteiger partial charge in [-0.3, -0.25) is 14.7 Å². The van der Waals surface area contributed by atoms with Gasteiger partial charge in [-0.25, -0.2) is 8.42 Å². The molecule has 0 bridgehead atoms. The average Bonchev–Trinajstić information content (AvgIpc) is 2.85. The number of benzene rings is 1. The zero-order valence-corrected chi connectivity index (χ0v) is 15.6. The molecule has 132 valence electrons. The molecule has 1 aromatic carbocycles. The number of carbonyl (C=O) groups excluding carboxylic acids is 1. The minimum atomic E-state index is -4.41. The lowest BCUT2D eigenvalue weighted by molar-refractivity contribution is -0.613. The first kappa shape index (κ1) is 20.4. The second-order valence-electron chi connectivity index (χ2n) is 4.40. The molecule has 1 amide bonds. The summed E-state index contributed by atoms with van der Waals surface area (Å²) in [6.45, 7) is 2.02. The predicted molar refractivity (Wildman–Crippen MR) is 92.0 cm³/mol. The van der Waals surface area contributed by atoms with Gasteiger partial charge < -0.3 is 10.3 Å². The molecule has 2 aromatic rings. The van der Waals surface area contributed by atoms with Gasteiger partial charge >= 0.3 is 5.82 Å². The molecule has 0 fully saturated rings. The summed E-state index contributed by atoms with van der Waals surface area (Å²) >= 11 is 2.86. The van der Waals surface area contributed by atoms with Crippen LogP contribution in [0.15, 0.2) is 28.6 Å². The number of nitrogens with zero attached hydrogens (tertiary/aromatic N) is 1. The molecule has 0 aliphatic heterocycles. The normalized spacial score (nSPS) is 10.8. The molecule has 4 N–H and O–H groups in total. The summed E-state index contributed by atoms with van der Waals surface area (Å²) in [7, 11) is -3.60. The van der Waals surface area contributed by atoms with E-state index in [1.807, 2.05) is 42.0 Å². The Labute approximate surface area is 148 Å². The number of thiazole rings is 1. The summed E-state index contributed by atoms with van der Waals surface area (Å²) in [6, 6.07) is 7.97. The summed E-state index contributed by atoms with van der Waals surface area (Å²) in [5.41, 5.74) is 13.4. The predicted octanol–water partition coefficient (Wildman–Crippen LogP) is 0.829. The Balaban J connectivity index is 0.000000413. The van der Waals surface area contributed by atoms with Gasteiger partial charge in [0.1, 0.15) is 5.69 Å². The average molecular weight is 391 g/mol. The topological polar surface area (TPSA) is 139 Å². The molecular weight excluding hydrogens is 374 g/mol. The molecule has 1 heterocycles. The zero-order chi connectivity index (χ0) is 18.5. The van der Waals surface area contributed by atoms with Crippen molar-refractivity contribution >= 4 is 45.2 Å². The summed E-state index contributed by atoms with van der Waals surface area (Å²) in [5.74, 6) is -0.0839. The highest BCUT2D eigenvalue weighted by Crippen LogP contribution is 2.27. The van der Waals surface area contributed by atoms with E-state index < -0.39 is 16.3 Å². The first-order valence-corrected chi connectivity index (χ1v) is 9.74. The van der Waals surface area contributed by atoms with E-state index in [4.69, 9.17) is 11.5 Å². The minimum absolute atomic E-state index is 0.403. The van der Waals surface area contributed by atoms with E-state index in [1.54, 1.807) is 11.8 Å². The summed E-state index contributed by atoms with van der Waals surface area (Å²) in [5, 5.41) is 0. The summed E-state index contributed by atoms with van der Waals surface area (Å²) in [6.07, 6.45) is 1.95. The highest BCUT2D eigenvalue weighted by Gasteiger charge is 2.25. The molecule has 0 spiro atoms. The van der Waals surface area contributed by atoms with Crippen molar-refractivity contribution in [1.29, 1.82) is 0 Å². The van der Waals surface area contributed by atoms with Crippen molar-refractivity contribution in [3.05, 3.63) is 34.7 Å². The number of primary amides is 1. The third kappa shape index (κ3) is 5.46. The van der Waals surface area contributed by atoms with E-state index in [2.05, 4.69) is 4.18 Å². The van der Waals surface area contributed by atoms with Crippen molar-refractivity contribution in [2.24, 2.45) is 5.73 Å². The third-order valence-electron chi connectivity index (χ3n) is 2.74. The molecule has 11 heteroatoms. The molecule has 8 nitrogen and oxygen atoms in total. The lowest BCUT2D eigenvalue weighted by Gasteiger charge is -2.01. The van der Waals surface area contributed by atoms with Crippen LogP contribution in [0.25, 0.3) is 5.69 Å². The Bertz CT molecular complexity index is 816. The fraction of sp³-hybridized carbons (Fsp3) is 0.231. The van der Waals surface area contributed by atoms with Crippen molar-refractivity contribution in [2.45, 2.75) is 11.3 Å². The second kappa shape index (κ2) is 8.44. The molecule has 0 unspecified atom stereocenters. The van der Waals surface area contributed by atoms with Crippen LogP contribution in [0, 0.1) is 6.92 Å². The largest absolute Gasteiger partial charge is 0.726 e. The monoisotopic (exact) mass is 391 g/mol. The number of aromatic nitrogens is 1. The Morgan fingerprint density at radius 3 is 2.21 bits per heavy atom. The summed E-state index contributed by atoms with van der Waals surface area (Å²) < 4.78 is 33.8. The van der Waals surface area contributed by atoms with Crippen LogP contribution in [0.2, 0.25) is 0 Å². The van der Waals surface area contributed by atoms with E-state index >= 15 is 0 Å². The SMILES string of the molecule is COS(=O)(=O)[O-].CSc1sc(C(N)=O)c(N)[n+]1-c1ccc(C)cc1. The first-order valence-electron chi connectivity index (χ1n) is 6.37. The fourth-order valence-electron chi connectivity index (χ4n) is 1.63. The van der Waals surface area contributed by atoms with Crippen LogP contribution in [-0.4, -0.2) is 32.2 Å². The van der Waals surface area contributed by atoms with E-state index in [0.29, 0.717) is 10.7 Å². The molecule has 0 saturated carbocycles. The van der Waals surface area contributed by atoms with Crippen LogP contribution >= 0.6 is 23.1 Å². The highest BCUT2D eigenvalue weighted by atomic mass is 32.3. The molecule has 0 atom stereocenters. The first-order chi connectivity index (χ1) is 11.1. The maximum Gasteiger partial charge on any atom is 0.302 e. The van der Waals surface area contributed by atoms with Crippen LogP contribution in [0.1, 0.15) is 15.2 Å². The molecule has 0 aliphatic carbocycles. The van der Waals surface area contributed by atoms with Gasteiger partial charge in [-0.2, -0.15) is 4.57 Å². The van der Waals surface area contributed by atoms with Gasteiger partial charge in [0.15, 0.2) is 4.88 Å². The number of aryl methyl sites for hydroxylation is 1. The second-order valence-corrected chi connectivity index (χ2v) is 7.60. The van der Waals surface area contributed by atoms with Crippen LogP contribution < -0.4 is 16.0 Å². The van der Waals surface area contributed by atoms with Gasteiger partial charge in [0.05, 0.1) is 7.11 Å². The molecule has 0 saturated heterocycles. The Kier molecular flexibility index (Phi) is 7.17. The summed E-state index contributed by atoms with van der Waals surface area (Å²) in [4.78, 5) is 11.7. The van der Waals surface area contributed by atoms with Gasteiger partial charge in [-0.1, -0.05) is 40.8 Å². The molecule has 2 rings (SSSR count). The van der Waals surface area contributed by atoms with Crippen LogP contribution in [0.5, 0.6) is 0 Å². The number of carbonyl (C=O) groups is 1. The Hall–Kier alpha value is -1.66. The van der Waals surface area contributed by atoms with Crippen molar-refractivity contribution in [1.82, 2.24) is 0 Å². The number of hydrogen-bond acceptors (Lipinski definition) is 8. The van der Waals surface area contributed by atoms with Gasteiger partial charge in [0.2, 0.25) is 14.7 Å². The minimum Gasteiger partial charge on any atom is -0.726 e. The fourth-order valence-corrected chi connectivity index (χ4v) is 3.37. The smallest absolute Gasteiger partial charge is 0.302 e. The van der Waals surface area contributed by atoms with Crippen molar-refractivity contribution < 1.29 is 26.5 Å². The van der Waals surface area contributed by atoms with E-state index in [1.165, 1.54) is 16.9 Å². The van der Waals surface area contributed by atoms with E-state index in [-0.39, 0.29) is 0 Å². The number of rotatable bonds is 4. The number of hydrogen-bond donors (Lipinski definition) is 2. The van der Waals surface area contributed by atoms with Gasteiger partial charge in [-0.15, -0.1) is 0 Å². The molecule has 1 aromatic heterocycles. The lowest BCUT2D eigenvalue weighted by Crippen LogP contribution is -2.34. The number of amides is 1. The van der Waals surface area contributed by atoms with Crippen LogP contribution in [0.3, 0.4) is 0 Å². The molecule has 24 heavy (non-hydrogen) atoms. The van der Waals surface area contributed by atoms with Gasteiger partial charge in [0, 0.05) is 0 Å². The third-order valence-corrected chi connectivity index (χ3v) is 5.40. The lowest BCUT2D eigenvalue weighted by atomic mass is 10.2. The van der Waals surface area contributed by atoms with Crippen molar-refractivity contribution in [2.75, 3.05) is 19.1 Å². The quantitative estimate of drug-likeness (QED) is 0.340. The molecular formula is C13H17N3O5S3. The molecule has 0 radical (unpaired) electrons. The number of nitrogen functional groups attached to an aromatic ring is 1. The maximum absolute atomic E-state index is 11.3. The van der Waals surface area contributed by atoms with E-state index in [0.717, 1.165) is 17.1 Å². The Morgan fingerprint density at radius 2 is 1.83 bits per heavy atom. The number of anilines is 1. The zero-order valence-electron chi connectivity index (χ0n) is 13.2. The maximum atomic E-state index is 11.3. The van der Waals surface area contributed by atoms with Gasteiger partial charge in [0.25, 0.3) is 5.91 Å². The van der Waals surface area contributed by atoms with E-state index in [9.17, 15) is 17.8 Å². The van der Waals surface area contributed by atoms with Crippen LogP contribution in [0.4, 0.5) is 5.82 Å². The Morgan fingerprint density at radius 1 is 1.33 bits per heavy atom. The van der Waals surface area contributed by atoms with Crippen LogP contribution in [-0.2, 0) is 14.6 Å². The highest BCUT2D eigenvalue weighted by molar-refractivity contribution is 8.00.